The Balaban J connectivity index is 2.03. The van der Waals surface area contributed by atoms with Crippen LogP contribution in [0.1, 0.15) is 20.3 Å². The summed E-state index contributed by atoms with van der Waals surface area (Å²) in [7, 11) is -2.57. The van der Waals surface area contributed by atoms with Gasteiger partial charge in [0.1, 0.15) is 0 Å². The van der Waals surface area contributed by atoms with E-state index in [0.29, 0.717) is 6.54 Å². The van der Waals surface area contributed by atoms with Crippen molar-refractivity contribution in [3.63, 3.8) is 0 Å². The highest BCUT2D eigenvalue weighted by Gasteiger charge is 2.55. The van der Waals surface area contributed by atoms with Gasteiger partial charge in [-0.05, 0) is 13.8 Å². The zero-order valence-electron chi connectivity index (χ0n) is 12.5. The highest BCUT2D eigenvalue weighted by molar-refractivity contribution is 8.03. The maximum atomic E-state index is 12.3. The molecule has 2 aliphatic heterocycles. The van der Waals surface area contributed by atoms with Gasteiger partial charge in [-0.25, -0.2) is 0 Å². The van der Waals surface area contributed by atoms with Crippen molar-refractivity contribution in [1.82, 2.24) is 4.90 Å². The number of carbonyl (C=O) groups excluding carboxylic acids is 1. The van der Waals surface area contributed by atoms with Crippen LogP contribution in [-0.2, 0) is 13.9 Å². The Kier molecular flexibility index (Phi) is 4.69. The Hall–Kier alpha value is -0.290. The molecule has 2 aliphatic rings. The number of nitrogens with two attached hydrogens (primary N) is 1. The van der Waals surface area contributed by atoms with Gasteiger partial charge in [0.05, 0.1) is 18.1 Å². The molecular weight excluding hydrogens is 295 g/mol. The van der Waals surface area contributed by atoms with E-state index in [2.05, 4.69) is 0 Å². The smallest absolute Gasteiger partial charge is 0.234 e. The Morgan fingerprint density at radius 2 is 2.20 bits per heavy atom. The number of rotatable bonds is 6. The van der Waals surface area contributed by atoms with Crippen molar-refractivity contribution in [2.45, 2.75) is 32.4 Å². The van der Waals surface area contributed by atoms with E-state index in [1.54, 1.807) is 25.1 Å². The molecule has 0 saturated carbocycles. The molecule has 3 atom stereocenters. The van der Waals surface area contributed by atoms with Gasteiger partial charge in [-0.15, -0.1) is 11.8 Å². The molecule has 2 N–H and O–H groups in total. The first-order valence-electron chi connectivity index (χ1n) is 6.85. The van der Waals surface area contributed by atoms with Gasteiger partial charge in [0.25, 0.3) is 0 Å². The van der Waals surface area contributed by atoms with Crippen LogP contribution in [0.2, 0.25) is 0 Å². The van der Waals surface area contributed by atoms with E-state index in [1.807, 2.05) is 18.7 Å². The highest BCUT2D eigenvalue weighted by Crippen LogP contribution is 2.49. The molecule has 20 heavy (non-hydrogen) atoms. The molecule has 0 aromatic rings. The topological polar surface area (TPSA) is 72.6 Å². The molecule has 0 spiro atoms. The molecule has 2 heterocycles. The fourth-order valence-electron chi connectivity index (χ4n) is 3.00. The third kappa shape index (κ3) is 2.98. The molecule has 2 rings (SSSR count). The molecule has 0 bridgehead atoms. The third-order valence-electron chi connectivity index (χ3n) is 3.75. The first kappa shape index (κ1) is 16.1. The van der Waals surface area contributed by atoms with Crippen LogP contribution in [0.4, 0.5) is 0 Å². The number of allylic oxidation sites excluding steroid dienone is 1. The number of hydrogen-bond donors (Lipinski definition) is 1. The van der Waals surface area contributed by atoms with Crippen molar-refractivity contribution in [3.05, 3.63) is 10.6 Å². The zero-order chi connectivity index (χ0) is 15.1. The lowest BCUT2D eigenvalue weighted by atomic mass is 9.83. The number of amides is 1. The molecular formula is C13H23N2O3PS. The SMILES string of the molecule is CC1=C(SCCN)CC2C(C(C)OP(C)(C)=O)C(=O)N12. The van der Waals surface area contributed by atoms with Crippen LogP contribution in [0.15, 0.2) is 10.6 Å². The van der Waals surface area contributed by atoms with Crippen LogP contribution in [0.3, 0.4) is 0 Å². The number of nitrogens with zero attached hydrogens (tertiary/aromatic N) is 1. The van der Waals surface area contributed by atoms with Gasteiger partial charge in [-0.2, -0.15) is 0 Å². The quantitative estimate of drug-likeness (QED) is 0.599. The van der Waals surface area contributed by atoms with Crippen LogP contribution in [-0.4, -0.2) is 48.6 Å². The fraction of sp³-hybridized carbons (Fsp3) is 0.769. The van der Waals surface area contributed by atoms with Gasteiger partial charge >= 0.3 is 0 Å². The van der Waals surface area contributed by atoms with Crippen molar-refractivity contribution >= 4 is 25.0 Å². The minimum absolute atomic E-state index is 0.0943. The third-order valence-corrected chi connectivity index (χ3v) is 5.84. The molecule has 0 aliphatic carbocycles. The summed E-state index contributed by atoms with van der Waals surface area (Å²) in [6.07, 6.45) is 0.578. The number of β-lactam (4-membered cyclic amide) rings is 1. The van der Waals surface area contributed by atoms with Crippen LogP contribution >= 0.6 is 19.1 Å². The van der Waals surface area contributed by atoms with Crippen LogP contribution in [0.25, 0.3) is 0 Å². The predicted octanol–water partition coefficient (Wildman–Crippen LogP) is 2.08. The van der Waals surface area contributed by atoms with Gasteiger partial charge in [-0.3, -0.25) is 9.36 Å². The van der Waals surface area contributed by atoms with Crippen molar-refractivity contribution in [1.29, 1.82) is 0 Å². The van der Waals surface area contributed by atoms with E-state index >= 15 is 0 Å². The second kappa shape index (κ2) is 5.84. The second-order valence-corrected chi connectivity index (χ2v) is 9.62. The molecule has 114 valence electrons. The largest absolute Gasteiger partial charge is 0.330 e. The minimum atomic E-state index is -2.57. The summed E-state index contributed by atoms with van der Waals surface area (Å²) in [6, 6.07) is 0.171. The Morgan fingerprint density at radius 1 is 1.55 bits per heavy atom. The van der Waals surface area contributed by atoms with Crippen molar-refractivity contribution in [2.75, 3.05) is 25.6 Å². The summed E-state index contributed by atoms with van der Waals surface area (Å²) in [5, 5.41) is 0. The molecule has 1 saturated heterocycles. The van der Waals surface area contributed by atoms with E-state index in [1.165, 1.54) is 4.91 Å². The highest BCUT2D eigenvalue weighted by atomic mass is 32.2. The Labute approximate surface area is 124 Å². The molecule has 0 aromatic carbocycles. The molecule has 5 nitrogen and oxygen atoms in total. The van der Waals surface area contributed by atoms with Crippen LogP contribution in [0.5, 0.6) is 0 Å². The number of thioether (sulfide) groups is 1. The van der Waals surface area contributed by atoms with Gasteiger partial charge in [0.15, 0.2) is 7.37 Å². The second-order valence-electron chi connectivity index (χ2n) is 5.71. The molecule has 7 heteroatoms. The lowest BCUT2D eigenvalue weighted by Crippen LogP contribution is -2.61. The maximum absolute atomic E-state index is 12.3. The van der Waals surface area contributed by atoms with Gasteiger partial charge in [0.2, 0.25) is 5.91 Å². The van der Waals surface area contributed by atoms with Gasteiger partial charge in [-0.1, -0.05) is 0 Å². The van der Waals surface area contributed by atoms with E-state index in [4.69, 9.17) is 10.3 Å². The average Bonchev–Trinajstić information content (AvgIpc) is 2.56. The summed E-state index contributed by atoms with van der Waals surface area (Å²) in [6.45, 7) is 7.65. The summed E-state index contributed by atoms with van der Waals surface area (Å²) in [5.74, 6) is 0.794. The minimum Gasteiger partial charge on any atom is -0.330 e. The van der Waals surface area contributed by atoms with E-state index in [0.717, 1.165) is 17.9 Å². The summed E-state index contributed by atoms with van der Waals surface area (Å²) in [5.41, 5.74) is 6.59. The van der Waals surface area contributed by atoms with E-state index in [-0.39, 0.29) is 24.0 Å². The molecule has 3 unspecified atom stereocenters. The van der Waals surface area contributed by atoms with E-state index < -0.39 is 7.37 Å². The first-order chi connectivity index (χ1) is 9.26. The lowest BCUT2D eigenvalue weighted by molar-refractivity contribution is -0.156. The van der Waals surface area contributed by atoms with Crippen molar-refractivity contribution < 1.29 is 13.9 Å². The standard InChI is InChI=1S/C13H23N2O3PS/c1-8-11(20-6-5-14)7-10-12(13(16)15(8)10)9(2)18-19(3,4)17/h9-10,12H,5-7,14H2,1-4H3. The van der Waals surface area contributed by atoms with Crippen molar-refractivity contribution in [2.24, 2.45) is 11.7 Å². The van der Waals surface area contributed by atoms with E-state index in [9.17, 15) is 9.36 Å². The summed E-state index contributed by atoms with van der Waals surface area (Å²) in [4.78, 5) is 15.4. The maximum Gasteiger partial charge on any atom is 0.234 e. The zero-order valence-corrected chi connectivity index (χ0v) is 14.2. The predicted molar refractivity (Wildman–Crippen MR) is 83.0 cm³/mol. The van der Waals surface area contributed by atoms with Gasteiger partial charge < -0.3 is 15.2 Å². The van der Waals surface area contributed by atoms with Gasteiger partial charge in [0, 0.05) is 42.7 Å². The van der Waals surface area contributed by atoms with Crippen LogP contribution in [0, 0.1) is 5.92 Å². The normalized spacial score (nSPS) is 27.6. The molecule has 1 fully saturated rings. The first-order valence-corrected chi connectivity index (χ1v) is 10.4. The number of carbonyl (C=O) groups is 1. The average molecular weight is 318 g/mol. The Morgan fingerprint density at radius 3 is 2.75 bits per heavy atom. The fourth-order valence-corrected chi connectivity index (χ4v) is 4.89. The van der Waals surface area contributed by atoms with Crippen molar-refractivity contribution in [3.8, 4) is 0 Å². The monoisotopic (exact) mass is 318 g/mol. The molecule has 0 aromatic heterocycles. The number of hydrogen-bond acceptors (Lipinski definition) is 5. The lowest BCUT2D eigenvalue weighted by Gasteiger charge is -2.46. The molecule has 1 amide bonds. The van der Waals surface area contributed by atoms with Crippen LogP contribution < -0.4 is 5.73 Å². The molecule has 0 radical (unpaired) electrons. The summed E-state index contributed by atoms with van der Waals surface area (Å²) < 4.78 is 17.3. The Bertz CT molecular complexity index is 488. The summed E-state index contributed by atoms with van der Waals surface area (Å²) >= 11 is 1.73. The number of fused-ring (bicyclic) bond motifs is 1.